The molecule has 0 radical (unpaired) electrons. The fraction of sp³-hybridized carbons (Fsp3) is 0.583. The highest BCUT2D eigenvalue weighted by Gasteiger charge is 2.35. The van der Waals surface area contributed by atoms with Gasteiger partial charge in [-0.25, -0.2) is 0 Å². The number of rotatable bonds is 2. The van der Waals surface area contributed by atoms with Crippen LogP contribution in [0.25, 0.3) is 0 Å². The minimum Gasteiger partial charge on any atom is -0.336 e. The molecule has 1 fully saturated rings. The van der Waals surface area contributed by atoms with Crippen LogP contribution in [0.3, 0.4) is 0 Å². The maximum atomic E-state index is 11.4. The summed E-state index contributed by atoms with van der Waals surface area (Å²) in [5.74, 6) is 2.05. The van der Waals surface area contributed by atoms with Gasteiger partial charge in [-0.1, -0.05) is 6.58 Å². The predicted octanol–water partition coefficient (Wildman–Crippen LogP) is -0.201. The highest BCUT2D eigenvalue weighted by molar-refractivity contribution is 5.87. The van der Waals surface area contributed by atoms with E-state index in [1.165, 1.54) is 6.08 Å². The molecule has 2 aliphatic rings. The topological polar surface area (TPSA) is 54.3 Å². The molecule has 1 amide bonds. The number of fused-ring (bicyclic) bond motifs is 1. The molecule has 0 spiro atoms. The van der Waals surface area contributed by atoms with E-state index in [0.29, 0.717) is 6.04 Å². The summed E-state index contributed by atoms with van der Waals surface area (Å²) in [5, 5.41) is 8.29. The van der Waals surface area contributed by atoms with Crippen LogP contribution in [0.4, 0.5) is 0 Å². The number of nitrogens with zero attached hydrogens (tertiary/aromatic N) is 5. The molecule has 0 unspecified atom stereocenters. The molecule has 0 N–H and O–H groups in total. The first kappa shape index (κ1) is 11.4. The summed E-state index contributed by atoms with van der Waals surface area (Å²) in [6, 6.07) is 0.458. The average molecular weight is 247 g/mol. The van der Waals surface area contributed by atoms with E-state index < -0.39 is 0 Å². The van der Waals surface area contributed by atoms with Crippen LogP contribution in [-0.2, 0) is 17.9 Å². The lowest BCUT2D eigenvalue weighted by Crippen LogP contribution is -2.61. The van der Waals surface area contributed by atoms with Crippen molar-refractivity contribution < 1.29 is 4.79 Å². The van der Waals surface area contributed by atoms with Crippen LogP contribution in [0.15, 0.2) is 12.7 Å². The van der Waals surface area contributed by atoms with Crippen LogP contribution >= 0.6 is 0 Å². The molecule has 3 heterocycles. The van der Waals surface area contributed by atoms with Crippen molar-refractivity contribution in [3.63, 3.8) is 0 Å². The largest absolute Gasteiger partial charge is 0.336 e. The molecule has 1 aromatic heterocycles. The summed E-state index contributed by atoms with van der Waals surface area (Å²) in [5.41, 5.74) is 0. The highest BCUT2D eigenvalue weighted by Crippen LogP contribution is 2.20. The summed E-state index contributed by atoms with van der Waals surface area (Å²) in [7, 11) is 0. The van der Waals surface area contributed by atoms with Crippen molar-refractivity contribution in [2.45, 2.75) is 26.1 Å². The fourth-order valence-electron chi connectivity index (χ4n) is 2.63. The van der Waals surface area contributed by atoms with Crippen LogP contribution in [0.5, 0.6) is 0 Å². The molecule has 0 saturated carbocycles. The van der Waals surface area contributed by atoms with E-state index in [4.69, 9.17) is 0 Å². The Kier molecular flexibility index (Phi) is 2.66. The van der Waals surface area contributed by atoms with E-state index >= 15 is 0 Å². The molecule has 0 atom stereocenters. The van der Waals surface area contributed by atoms with E-state index in [9.17, 15) is 4.79 Å². The van der Waals surface area contributed by atoms with Crippen LogP contribution < -0.4 is 0 Å². The Morgan fingerprint density at radius 1 is 1.39 bits per heavy atom. The van der Waals surface area contributed by atoms with Gasteiger partial charge in [0.05, 0.1) is 6.54 Å². The van der Waals surface area contributed by atoms with Crippen molar-refractivity contribution in [3.8, 4) is 0 Å². The molecule has 0 aliphatic carbocycles. The minimum atomic E-state index is 0.0299. The molecular weight excluding hydrogens is 230 g/mol. The SMILES string of the molecule is C=CC(=O)N1CC(N2CCn3c(C)nnc3C2)C1. The summed E-state index contributed by atoms with van der Waals surface area (Å²) in [4.78, 5) is 15.6. The van der Waals surface area contributed by atoms with Gasteiger partial charge in [-0.3, -0.25) is 9.69 Å². The number of carbonyl (C=O) groups is 1. The summed E-state index contributed by atoms with van der Waals surface area (Å²) in [6.45, 7) is 9.89. The fourth-order valence-corrected chi connectivity index (χ4v) is 2.63. The van der Waals surface area contributed by atoms with Crippen molar-refractivity contribution in [1.29, 1.82) is 0 Å². The zero-order chi connectivity index (χ0) is 12.7. The van der Waals surface area contributed by atoms with E-state index in [1.807, 2.05) is 11.8 Å². The number of aromatic nitrogens is 3. The molecule has 18 heavy (non-hydrogen) atoms. The van der Waals surface area contributed by atoms with Crippen LogP contribution in [0.1, 0.15) is 11.6 Å². The summed E-state index contributed by atoms with van der Waals surface area (Å²) < 4.78 is 2.17. The average Bonchev–Trinajstić information content (AvgIpc) is 2.69. The van der Waals surface area contributed by atoms with Crippen molar-refractivity contribution in [3.05, 3.63) is 24.3 Å². The molecule has 6 heteroatoms. The van der Waals surface area contributed by atoms with Gasteiger partial charge in [0.15, 0.2) is 0 Å². The Balaban J connectivity index is 1.61. The smallest absolute Gasteiger partial charge is 0.246 e. The molecular formula is C12H17N5O. The molecule has 2 aliphatic heterocycles. The normalized spacial score (nSPS) is 20.4. The predicted molar refractivity (Wildman–Crippen MR) is 65.7 cm³/mol. The quantitative estimate of drug-likeness (QED) is 0.679. The number of likely N-dealkylation sites (tertiary alicyclic amines) is 1. The monoisotopic (exact) mass is 247 g/mol. The lowest BCUT2D eigenvalue weighted by Gasteiger charge is -2.46. The molecule has 3 rings (SSSR count). The van der Waals surface area contributed by atoms with Gasteiger partial charge < -0.3 is 9.47 Å². The number of hydrogen-bond donors (Lipinski definition) is 0. The Morgan fingerprint density at radius 3 is 2.89 bits per heavy atom. The summed E-state index contributed by atoms with van der Waals surface area (Å²) in [6.07, 6.45) is 1.38. The van der Waals surface area contributed by atoms with Gasteiger partial charge in [0.25, 0.3) is 0 Å². The summed E-state index contributed by atoms with van der Waals surface area (Å²) >= 11 is 0. The van der Waals surface area contributed by atoms with Gasteiger partial charge in [-0.2, -0.15) is 0 Å². The van der Waals surface area contributed by atoms with Gasteiger partial charge >= 0.3 is 0 Å². The lowest BCUT2D eigenvalue weighted by atomic mass is 10.1. The minimum absolute atomic E-state index is 0.0299. The van der Waals surface area contributed by atoms with Crippen molar-refractivity contribution in [1.82, 2.24) is 24.6 Å². The van der Waals surface area contributed by atoms with Crippen molar-refractivity contribution in [2.75, 3.05) is 19.6 Å². The molecule has 96 valence electrons. The third-order valence-corrected chi connectivity index (χ3v) is 3.83. The van der Waals surface area contributed by atoms with Crippen LogP contribution in [-0.4, -0.2) is 56.1 Å². The zero-order valence-electron chi connectivity index (χ0n) is 10.5. The molecule has 0 aromatic carbocycles. The van der Waals surface area contributed by atoms with Gasteiger partial charge in [-0.15, -0.1) is 10.2 Å². The second kappa shape index (κ2) is 4.20. The first-order valence-corrected chi connectivity index (χ1v) is 6.23. The Morgan fingerprint density at radius 2 is 2.17 bits per heavy atom. The first-order valence-electron chi connectivity index (χ1n) is 6.23. The number of hydrogen-bond acceptors (Lipinski definition) is 4. The third kappa shape index (κ3) is 1.73. The number of carbonyl (C=O) groups excluding carboxylic acids is 1. The van der Waals surface area contributed by atoms with Gasteiger partial charge in [0.2, 0.25) is 5.91 Å². The van der Waals surface area contributed by atoms with Crippen molar-refractivity contribution in [2.24, 2.45) is 0 Å². The Labute approximate surface area is 106 Å². The highest BCUT2D eigenvalue weighted by atomic mass is 16.2. The standard InChI is InChI=1S/C12H17N5O/c1-3-12(18)16-6-10(7-16)15-4-5-17-9(2)13-14-11(17)8-15/h3,10H,1,4-8H2,2H3. The molecule has 1 saturated heterocycles. The van der Waals surface area contributed by atoms with Gasteiger partial charge in [0.1, 0.15) is 11.6 Å². The van der Waals surface area contributed by atoms with Gasteiger partial charge in [-0.05, 0) is 13.0 Å². The van der Waals surface area contributed by atoms with E-state index in [0.717, 1.165) is 44.4 Å². The Bertz CT molecular complexity index is 489. The molecule has 0 bridgehead atoms. The van der Waals surface area contributed by atoms with E-state index in [1.54, 1.807) is 0 Å². The second-order valence-electron chi connectivity index (χ2n) is 4.89. The second-order valence-corrected chi connectivity index (χ2v) is 4.89. The maximum absolute atomic E-state index is 11.4. The molecule has 1 aromatic rings. The van der Waals surface area contributed by atoms with Crippen LogP contribution in [0.2, 0.25) is 0 Å². The Hall–Kier alpha value is -1.69. The maximum Gasteiger partial charge on any atom is 0.246 e. The third-order valence-electron chi connectivity index (χ3n) is 3.83. The van der Waals surface area contributed by atoms with E-state index in [2.05, 4.69) is 26.2 Å². The van der Waals surface area contributed by atoms with Crippen LogP contribution in [0, 0.1) is 6.92 Å². The number of amides is 1. The molecule has 6 nitrogen and oxygen atoms in total. The lowest BCUT2D eigenvalue weighted by molar-refractivity contribution is -0.133. The van der Waals surface area contributed by atoms with Crippen molar-refractivity contribution >= 4 is 5.91 Å². The first-order chi connectivity index (χ1) is 8.69. The van der Waals surface area contributed by atoms with Gasteiger partial charge in [0, 0.05) is 32.2 Å². The zero-order valence-corrected chi connectivity index (χ0v) is 10.5. The number of aryl methyl sites for hydroxylation is 1. The van der Waals surface area contributed by atoms with E-state index in [-0.39, 0.29) is 5.91 Å².